The van der Waals surface area contributed by atoms with Crippen molar-refractivity contribution in [2.45, 2.75) is 6.42 Å². The van der Waals surface area contributed by atoms with Gasteiger partial charge in [0.05, 0.1) is 0 Å². The molecule has 16 heavy (non-hydrogen) atoms. The van der Waals surface area contributed by atoms with E-state index in [0.29, 0.717) is 22.7 Å². The summed E-state index contributed by atoms with van der Waals surface area (Å²) >= 11 is 2.32. The fourth-order valence-electron chi connectivity index (χ4n) is 1.24. The van der Waals surface area contributed by atoms with Crippen LogP contribution in [-0.2, 0) is 6.42 Å². The van der Waals surface area contributed by atoms with Crippen molar-refractivity contribution in [1.29, 1.82) is 0 Å². The molecule has 0 bridgehead atoms. The Morgan fingerprint density at radius 2 is 2.12 bits per heavy atom. The van der Waals surface area contributed by atoms with Crippen molar-refractivity contribution in [1.82, 2.24) is 19.9 Å². The van der Waals surface area contributed by atoms with E-state index in [2.05, 4.69) is 43.4 Å². The Morgan fingerprint density at radius 3 is 2.81 bits per heavy atom. The SMILES string of the molecule is C=CCc1nc([As])nc(-c2ccccn2)n1. The molecule has 4 nitrogen and oxygen atoms in total. The average molecular weight is 272 g/mol. The third-order valence-corrected chi connectivity index (χ3v) is 2.31. The van der Waals surface area contributed by atoms with Crippen LogP contribution in [0.5, 0.6) is 0 Å². The molecule has 0 saturated carbocycles. The number of pyridine rings is 1. The second kappa shape index (κ2) is 4.99. The number of rotatable bonds is 3. The number of allylic oxidation sites excluding steroid dienone is 1. The molecule has 0 fully saturated rings. The third-order valence-electron chi connectivity index (χ3n) is 1.89. The second-order valence-electron chi connectivity index (χ2n) is 3.08. The van der Waals surface area contributed by atoms with E-state index in [9.17, 15) is 0 Å². The summed E-state index contributed by atoms with van der Waals surface area (Å²) in [6.45, 7) is 3.67. The normalized spacial score (nSPS) is 10.1. The van der Waals surface area contributed by atoms with E-state index in [4.69, 9.17) is 0 Å². The molecule has 2 heterocycles. The van der Waals surface area contributed by atoms with E-state index in [1.54, 1.807) is 12.3 Å². The van der Waals surface area contributed by atoms with Crippen LogP contribution in [-0.4, -0.2) is 36.8 Å². The van der Waals surface area contributed by atoms with E-state index >= 15 is 0 Å². The predicted molar refractivity (Wildman–Crippen MR) is 62.3 cm³/mol. The van der Waals surface area contributed by atoms with E-state index in [1.807, 2.05) is 18.2 Å². The van der Waals surface area contributed by atoms with Gasteiger partial charge in [-0.2, -0.15) is 0 Å². The van der Waals surface area contributed by atoms with Crippen molar-refractivity contribution in [3.8, 4) is 11.5 Å². The Hall–Kier alpha value is -1.54. The van der Waals surface area contributed by atoms with Crippen molar-refractivity contribution in [2.24, 2.45) is 0 Å². The summed E-state index contributed by atoms with van der Waals surface area (Å²) in [7, 11) is 0. The van der Waals surface area contributed by atoms with Gasteiger partial charge in [-0.1, -0.05) is 0 Å². The fourth-order valence-corrected chi connectivity index (χ4v) is 1.68. The molecule has 0 spiro atoms. The number of hydrogen-bond acceptors (Lipinski definition) is 4. The van der Waals surface area contributed by atoms with Gasteiger partial charge in [0.15, 0.2) is 0 Å². The molecule has 0 saturated heterocycles. The van der Waals surface area contributed by atoms with E-state index < -0.39 is 0 Å². The molecule has 0 unspecified atom stereocenters. The zero-order valence-electron chi connectivity index (χ0n) is 8.54. The van der Waals surface area contributed by atoms with Gasteiger partial charge in [-0.25, -0.2) is 0 Å². The zero-order chi connectivity index (χ0) is 11.4. The Labute approximate surface area is 102 Å². The van der Waals surface area contributed by atoms with Crippen molar-refractivity contribution in [3.05, 3.63) is 42.9 Å². The van der Waals surface area contributed by atoms with Crippen LogP contribution in [0, 0.1) is 0 Å². The Balaban J connectivity index is 2.45. The van der Waals surface area contributed by atoms with Gasteiger partial charge in [0.2, 0.25) is 0 Å². The Kier molecular flexibility index (Phi) is 3.42. The molecule has 2 radical (unpaired) electrons. The summed E-state index contributed by atoms with van der Waals surface area (Å²) in [4.78, 5) is 17.0. The Bertz CT molecular complexity index is 499. The van der Waals surface area contributed by atoms with Crippen LogP contribution in [0.25, 0.3) is 11.5 Å². The van der Waals surface area contributed by atoms with Gasteiger partial charge < -0.3 is 0 Å². The molecule has 0 aromatic carbocycles. The van der Waals surface area contributed by atoms with Gasteiger partial charge in [-0.3, -0.25) is 0 Å². The summed E-state index contributed by atoms with van der Waals surface area (Å²) in [5.41, 5.74) is 0.752. The van der Waals surface area contributed by atoms with Gasteiger partial charge >= 0.3 is 102 Å². The first-order valence-electron chi connectivity index (χ1n) is 4.76. The summed E-state index contributed by atoms with van der Waals surface area (Å²) in [5, 5.41) is 0. The molecule has 78 valence electrons. The van der Waals surface area contributed by atoms with Crippen LogP contribution in [0.15, 0.2) is 37.1 Å². The van der Waals surface area contributed by atoms with E-state index in [1.165, 1.54) is 0 Å². The quantitative estimate of drug-likeness (QED) is 0.601. The number of aromatic nitrogens is 4. The van der Waals surface area contributed by atoms with Crippen molar-refractivity contribution in [3.63, 3.8) is 0 Å². The fraction of sp³-hybridized carbons (Fsp3) is 0.0909. The predicted octanol–water partition coefficient (Wildman–Crippen LogP) is 0.456. The summed E-state index contributed by atoms with van der Waals surface area (Å²) in [5.74, 6) is 1.31. The van der Waals surface area contributed by atoms with E-state index in [-0.39, 0.29) is 0 Å². The van der Waals surface area contributed by atoms with Crippen molar-refractivity contribution in [2.75, 3.05) is 0 Å². The first-order chi connectivity index (χ1) is 7.79. The zero-order valence-corrected chi connectivity index (χ0v) is 10.4. The van der Waals surface area contributed by atoms with Gasteiger partial charge in [0.25, 0.3) is 0 Å². The first kappa shape index (κ1) is 11.0. The van der Waals surface area contributed by atoms with Gasteiger partial charge in [0, 0.05) is 0 Å². The molecule has 0 N–H and O–H groups in total. The van der Waals surface area contributed by atoms with E-state index in [0.717, 1.165) is 5.69 Å². The molecule has 2 rings (SSSR count). The molecule has 0 aliphatic heterocycles. The molecular weight excluding hydrogens is 263 g/mol. The minimum atomic E-state index is 0.600. The van der Waals surface area contributed by atoms with Crippen LogP contribution in [0.2, 0.25) is 0 Å². The maximum absolute atomic E-state index is 4.33. The van der Waals surface area contributed by atoms with Gasteiger partial charge in [-0.15, -0.1) is 0 Å². The van der Waals surface area contributed by atoms with Crippen LogP contribution in [0.1, 0.15) is 5.82 Å². The first-order valence-corrected chi connectivity index (χ1v) is 5.69. The number of nitrogens with zero attached hydrogens (tertiary/aromatic N) is 4. The van der Waals surface area contributed by atoms with Crippen LogP contribution < -0.4 is 4.61 Å². The molecule has 0 aliphatic rings. The minimum absolute atomic E-state index is 0.600. The van der Waals surface area contributed by atoms with Crippen molar-refractivity contribution >= 4 is 21.5 Å². The topological polar surface area (TPSA) is 51.6 Å². The summed E-state index contributed by atoms with van der Waals surface area (Å²) < 4.78 is 0.639. The summed E-state index contributed by atoms with van der Waals surface area (Å²) in [6.07, 6.45) is 4.12. The molecule has 0 aliphatic carbocycles. The molecule has 2 aromatic heterocycles. The number of hydrogen-bond donors (Lipinski definition) is 0. The van der Waals surface area contributed by atoms with Crippen LogP contribution >= 0.6 is 0 Å². The standard InChI is InChI=1S/C11H9AsN4/c1-2-5-9-14-10(16-11(12)15-9)8-6-3-4-7-13-8/h2-4,6-7H,1,5H2. The molecular formula is C11H9AsN4. The molecule has 2 aromatic rings. The molecule has 5 heteroatoms. The summed E-state index contributed by atoms with van der Waals surface area (Å²) in [6, 6.07) is 5.64. The van der Waals surface area contributed by atoms with Crippen LogP contribution in [0.4, 0.5) is 0 Å². The molecule has 0 atom stereocenters. The van der Waals surface area contributed by atoms with Crippen LogP contribution in [0.3, 0.4) is 0 Å². The van der Waals surface area contributed by atoms with Crippen molar-refractivity contribution < 1.29 is 0 Å². The average Bonchev–Trinajstić information content (AvgIpc) is 2.30. The third kappa shape index (κ3) is 2.52. The van der Waals surface area contributed by atoms with Gasteiger partial charge in [0.1, 0.15) is 0 Å². The van der Waals surface area contributed by atoms with Gasteiger partial charge in [-0.05, 0) is 0 Å². The Morgan fingerprint density at radius 1 is 1.25 bits per heavy atom. The second-order valence-corrected chi connectivity index (χ2v) is 3.92. The monoisotopic (exact) mass is 272 g/mol. The molecule has 0 amide bonds. The maximum atomic E-state index is 4.33.